The number of benzene rings is 3. The first-order valence-corrected chi connectivity index (χ1v) is 13.2. The fourth-order valence-corrected chi connectivity index (χ4v) is 5.80. The van der Waals surface area contributed by atoms with Crippen LogP contribution >= 0.6 is 11.6 Å². The van der Waals surface area contributed by atoms with Crippen molar-refractivity contribution in [2.45, 2.75) is 56.5 Å². The highest BCUT2D eigenvalue weighted by Gasteiger charge is 2.40. The normalized spacial score (nSPS) is 21.8. The molecule has 0 saturated carbocycles. The average molecular weight is 518 g/mol. The van der Waals surface area contributed by atoms with E-state index in [1.165, 1.54) is 5.56 Å². The van der Waals surface area contributed by atoms with Gasteiger partial charge in [-0.15, -0.1) is 0 Å². The van der Waals surface area contributed by atoms with Crippen molar-refractivity contribution in [3.63, 3.8) is 0 Å². The number of carbonyl (C=O) groups excluding carboxylic acids is 2. The van der Waals surface area contributed by atoms with Crippen LogP contribution in [0.15, 0.2) is 78.9 Å². The second kappa shape index (κ2) is 11.5. The first kappa shape index (κ1) is 25.5. The lowest BCUT2D eigenvalue weighted by Crippen LogP contribution is -2.51. The van der Waals surface area contributed by atoms with Crippen molar-refractivity contribution in [1.82, 2.24) is 15.5 Å². The number of nitrogens with one attached hydrogen (secondary N) is 2. The predicted molar refractivity (Wildman–Crippen MR) is 144 cm³/mol. The number of piperidine rings is 1. The van der Waals surface area contributed by atoms with Crippen molar-refractivity contribution in [1.29, 1.82) is 0 Å². The Kier molecular flexibility index (Phi) is 7.89. The minimum Gasteiger partial charge on any atom is -0.384 e. The molecule has 3 aromatic carbocycles. The van der Waals surface area contributed by atoms with E-state index in [1.807, 2.05) is 42.5 Å². The minimum absolute atomic E-state index is 0.0787. The third-order valence-corrected chi connectivity index (χ3v) is 7.77. The van der Waals surface area contributed by atoms with Crippen LogP contribution in [0.5, 0.6) is 0 Å². The molecule has 6 nitrogen and oxygen atoms in total. The Morgan fingerprint density at radius 2 is 1.59 bits per heavy atom. The van der Waals surface area contributed by atoms with Crippen molar-refractivity contribution in [2.24, 2.45) is 0 Å². The first-order valence-electron chi connectivity index (χ1n) is 12.9. The SMILES string of the molecule is O=C(CNC(=O)c1cccc(C(O)c2ccccc2)c1)NC1C[C@H]2CC[C@@H](C1)N2Cc1ccc(Cl)cc1. The third-order valence-electron chi connectivity index (χ3n) is 7.52. The van der Waals surface area contributed by atoms with E-state index in [9.17, 15) is 14.7 Å². The number of rotatable bonds is 8. The van der Waals surface area contributed by atoms with Crippen LogP contribution in [0.1, 0.15) is 58.8 Å². The topological polar surface area (TPSA) is 81.7 Å². The summed E-state index contributed by atoms with van der Waals surface area (Å²) in [6.45, 7) is 0.825. The van der Waals surface area contributed by atoms with Gasteiger partial charge in [-0.05, 0) is 66.6 Å². The van der Waals surface area contributed by atoms with Gasteiger partial charge in [-0.2, -0.15) is 0 Å². The standard InChI is InChI=1S/C30H32ClN3O3/c31-24-11-9-20(10-12-24)19-34-26-13-14-27(34)17-25(16-26)33-28(35)18-32-30(37)23-8-4-7-22(15-23)29(36)21-5-2-1-3-6-21/h1-12,15,25-27,29,36H,13-14,16-19H2,(H,32,37)(H,33,35)/t25?,26-,27+,29?. The number of fused-ring (bicyclic) bond motifs is 2. The number of aliphatic hydroxyl groups is 1. The molecule has 2 saturated heterocycles. The van der Waals surface area contributed by atoms with Gasteiger partial charge < -0.3 is 15.7 Å². The van der Waals surface area contributed by atoms with Crippen molar-refractivity contribution in [2.75, 3.05) is 6.54 Å². The van der Waals surface area contributed by atoms with E-state index in [-0.39, 0.29) is 24.4 Å². The van der Waals surface area contributed by atoms with Crippen molar-refractivity contribution in [3.8, 4) is 0 Å². The number of aliphatic hydroxyl groups excluding tert-OH is 1. The van der Waals surface area contributed by atoms with Crippen LogP contribution in [-0.2, 0) is 11.3 Å². The summed E-state index contributed by atoms with van der Waals surface area (Å²) in [5, 5.41) is 17.3. The Labute approximate surface area is 222 Å². The van der Waals surface area contributed by atoms with Crippen LogP contribution < -0.4 is 10.6 Å². The van der Waals surface area contributed by atoms with E-state index in [0.29, 0.717) is 23.2 Å². The van der Waals surface area contributed by atoms with E-state index >= 15 is 0 Å². The van der Waals surface area contributed by atoms with E-state index < -0.39 is 6.10 Å². The zero-order valence-electron chi connectivity index (χ0n) is 20.6. The molecule has 5 rings (SSSR count). The molecule has 37 heavy (non-hydrogen) atoms. The van der Waals surface area contributed by atoms with Crippen LogP contribution in [-0.4, -0.2) is 46.5 Å². The molecule has 2 fully saturated rings. The molecule has 0 aromatic heterocycles. The smallest absolute Gasteiger partial charge is 0.251 e. The largest absolute Gasteiger partial charge is 0.384 e. The number of nitrogens with zero attached hydrogens (tertiary/aromatic N) is 1. The Morgan fingerprint density at radius 3 is 2.30 bits per heavy atom. The fourth-order valence-electron chi connectivity index (χ4n) is 5.67. The summed E-state index contributed by atoms with van der Waals surface area (Å²) in [6, 6.07) is 25.2. The van der Waals surface area contributed by atoms with Gasteiger partial charge in [0.25, 0.3) is 5.91 Å². The molecule has 7 heteroatoms. The first-order chi connectivity index (χ1) is 18.0. The molecule has 0 spiro atoms. The Morgan fingerprint density at radius 1 is 0.919 bits per heavy atom. The molecule has 2 bridgehead atoms. The summed E-state index contributed by atoms with van der Waals surface area (Å²) in [7, 11) is 0. The summed E-state index contributed by atoms with van der Waals surface area (Å²) < 4.78 is 0. The molecule has 0 radical (unpaired) electrons. The van der Waals surface area contributed by atoms with Crippen LogP contribution in [0.4, 0.5) is 0 Å². The van der Waals surface area contributed by atoms with Gasteiger partial charge in [0.1, 0.15) is 6.10 Å². The molecule has 2 amide bonds. The third kappa shape index (κ3) is 6.21. The summed E-state index contributed by atoms with van der Waals surface area (Å²) in [6.07, 6.45) is 3.31. The molecular formula is C30H32ClN3O3. The van der Waals surface area contributed by atoms with Crippen molar-refractivity contribution >= 4 is 23.4 Å². The average Bonchev–Trinajstić information content (AvgIpc) is 3.15. The zero-order valence-corrected chi connectivity index (χ0v) is 21.4. The molecular weight excluding hydrogens is 486 g/mol. The number of hydrogen-bond donors (Lipinski definition) is 3. The summed E-state index contributed by atoms with van der Waals surface area (Å²) in [4.78, 5) is 27.9. The quantitative estimate of drug-likeness (QED) is 0.412. The summed E-state index contributed by atoms with van der Waals surface area (Å²) >= 11 is 6.02. The van der Waals surface area contributed by atoms with Crippen molar-refractivity contribution < 1.29 is 14.7 Å². The molecule has 2 aliphatic rings. The molecule has 4 atom stereocenters. The summed E-state index contributed by atoms with van der Waals surface area (Å²) in [5.41, 5.74) is 3.05. The van der Waals surface area contributed by atoms with Gasteiger partial charge in [-0.25, -0.2) is 0 Å². The van der Waals surface area contributed by atoms with E-state index in [4.69, 9.17) is 11.6 Å². The van der Waals surface area contributed by atoms with Crippen molar-refractivity contribution in [3.05, 3.63) is 106 Å². The lowest BCUT2D eigenvalue weighted by atomic mass is 9.96. The predicted octanol–water partition coefficient (Wildman–Crippen LogP) is 4.46. The highest BCUT2D eigenvalue weighted by molar-refractivity contribution is 6.30. The summed E-state index contributed by atoms with van der Waals surface area (Å²) in [5.74, 6) is -0.514. The van der Waals surface area contributed by atoms with E-state index in [0.717, 1.165) is 42.8 Å². The highest BCUT2D eigenvalue weighted by atomic mass is 35.5. The lowest BCUT2D eigenvalue weighted by molar-refractivity contribution is -0.121. The Bertz CT molecular complexity index is 1220. The molecule has 2 heterocycles. The maximum absolute atomic E-state index is 12.7. The van der Waals surface area contributed by atoms with Crippen LogP contribution in [0.2, 0.25) is 5.02 Å². The molecule has 0 aliphatic carbocycles. The second-order valence-electron chi connectivity index (χ2n) is 10.0. The molecule has 2 unspecified atom stereocenters. The second-order valence-corrected chi connectivity index (χ2v) is 10.5. The highest BCUT2D eigenvalue weighted by Crippen LogP contribution is 2.37. The van der Waals surface area contributed by atoms with E-state index in [1.54, 1.807) is 24.3 Å². The van der Waals surface area contributed by atoms with Gasteiger partial charge in [-0.3, -0.25) is 14.5 Å². The molecule has 2 aliphatic heterocycles. The maximum Gasteiger partial charge on any atom is 0.251 e. The monoisotopic (exact) mass is 517 g/mol. The van der Waals surface area contributed by atoms with Crippen LogP contribution in [0, 0.1) is 0 Å². The van der Waals surface area contributed by atoms with Gasteiger partial charge in [0.15, 0.2) is 0 Å². The van der Waals surface area contributed by atoms with Gasteiger partial charge >= 0.3 is 0 Å². The van der Waals surface area contributed by atoms with Gasteiger partial charge in [0, 0.05) is 35.3 Å². The Balaban J connectivity index is 1.11. The maximum atomic E-state index is 12.7. The molecule has 192 valence electrons. The number of hydrogen-bond acceptors (Lipinski definition) is 4. The molecule has 3 aromatic rings. The lowest BCUT2D eigenvalue weighted by Gasteiger charge is -2.39. The van der Waals surface area contributed by atoms with Gasteiger partial charge in [0.2, 0.25) is 5.91 Å². The van der Waals surface area contributed by atoms with E-state index in [2.05, 4.69) is 27.7 Å². The zero-order chi connectivity index (χ0) is 25.8. The van der Waals surface area contributed by atoms with Gasteiger partial charge in [0.05, 0.1) is 6.54 Å². The van der Waals surface area contributed by atoms with Crippen LogP contribution in [0.3, 0.4) is 0 Å². The number of carbonyl (C=O) groups is 2. The minimum atomic E-state index is -0.821. The Hall–Kier alpha value is -3.19. The number of halogens is 1. The van der Waals surface area contributed by atoms with Crippen LogP contribution in [0.25, 0.3) is 0 Å². The molecule has 3 N–H and O–H groups in total. The van der Waals surface area contributed by atoms with Gasteiger partial charge in [-0.1, -0.05) is 66.2 Å². The number of amides is 2. The fraction of sp³-hybridized carbons (Fsp3) is 0.333.